The van der Waals surface area contributed by atoms with Crippen molar-refractivity contribution in [3.05, 3.63) is 42.5 Å². The molecule has 5 nitrogen and oxygen atoms in total. The molecule has 0 radical (unpaired) electrons. The summed E-state index contributed by atoms with van der Waals surface area (Å²) < 4.78 is 11.1. The van der Waals surface area contributed by atoms with Gasteiger partial charge in [-0.15, -0.1) is 0 Å². The highest BCUT2D eigenvalue weighted by Gasteiger charge is 2.12. The fraction of sp³-hybridized carbons (Fsp3) is 0.545. The molecule has 0 aliphatic carbocycles. The third-order valence-corrected chi connectivity index (χ3v) is 4.37. The van der Waals surface area contributed by atoms with Crippen LogP contribution in [0.1, 0.15) is 75.1 Å². The number of ether oxygens (including phenoxy) is 2. The second-order valence-corrected chi connectivity index (χ2v) is 6.64. The fourth-order valence-electron chi connectivity index (χ4n) is 2.81. The van der Waals surface area contributed by atoms with Crippen LogP contribution in [-0.2, 0) is 9.53 Å². The molecule has 1 rings (SSSR count). The number of aromatic carboxylic acids is 1. The van der Waals surface area contributed by atoms with Gasteiger partial charge in [0.1, 0.15) is 11.9 Å². The Morgan fingerprint density at radius 3 is 2.22 bits per heavy atom. The first-order valence-corrected chi connectivity index (χ1v) is 9.86. The van der Waals surface area contributed by atoms with Gasteiger partial charge in [0.2, 0.25) is 0 Å². The minimum Gasteiger partial charge on any atom is -0.494 e. The van der Waals surface area contributed by atoms with Gasteiger partial charge in [-0.2, -0.15) is 0 Å². The molecule has 27 heavy (non-hydrogen) atoms. The second kappa shape index (κ2) is 13.8. The summed E-state index contributed by atoms with van der Waals surface area (Å²) in [5, 5.41) is 8.87. The van der Waals surface area contributed by atoms with Gasteiger partial charge in [-0.1, -0.05) is 32.8 Å². The van der Waals surface area contributed by atoms with Crippen molar-refractivity contribution in [3.8, 4) is 5.75 Å². The number of benzene rings is 1. The molecule has 5 heteroatoms. The van der Waals surface area contributed by atoms with Gasteiger partial charge >= 0.3 is 11.9 Å². The van der Waals surface area contributed by atoms with Crippen molar-refractivity contribution < 1.29 is 24.2 Å². The smallest absolute Gasteiger partial charge is 0.335 e. The Morgan fingerprint density at radius 1 is 1.04 bits per heavy atom. The van der Waals surface area contributed by atoms with E-state index in [2.05, 4.69) is 13.5 Å². The number of unbranched alkanes of at least 4 members (excludes halogenated alkanes) is 5. The van der Waals surface area contributed by atoms with Crippen LogP contribution in [0.15, 0.2) is 36.9 Å². The van der Waals surface area contributed by atoms with E-state index < -0.39 is 5.97 Å². The zero-order valence-corrected chi connectivity index (χ0v) is 16.3. The van der Waals surface area contributed by atoms with Gasteiger partial charge < -0.3 is 14.6 Å². The van der Waals surface area contributed by atoms with Crippen molar-refractivity contribution >= 4 is 11.9 Å². The zero-order chi connectivity index (χ0) is 19.9. The molecular weight excluding hydrogens is 344 g/mol. The van der Waals surface area contributed by atoms with E-state index in [1.54, 1.807) is 12.1 Å². The lowest BCUT2D eigenvalue weighted by molar-refractivity contribution is -0.143. The van der Waals surface area contributed by atoms with Crippen molar-refractivity contribution in [2.24, 2.45) is 0 Å². The lowest BCUT2D eigenvalue weighted by Crippen LogP contribution is -2.17. The van der Waals surface area contributed by atoms with Gasteiger partial charge in [-0.25, -0.2) is 9.59 Å². The largest absolute Gasteiger partial charge is 0.494 e. The maximum Gasteiger partial charge on any atom is 0.335 e. The van der Waals surface area contributed by atoms with Crippen molar-refractivity contribution in [2.45, 2.75) is 70.8 Å². The minimum absolute atomic E-state index is 0.0307. The molecule has 0 saturated heterocycles. The number of hydrogen-bond acceptors (Lipinski definition) is 4. The average Bonchev–Trinajstić information content (AvgIpc) is 2.67. The van der Waals surface area contributed by atoms with Gasteiger partial charge in [-0.3, -0.25) is 0 Å². The van der Waals surface area contributed by atoms with Crippen LogP contribution in [0.25, 0.3) is 0 Å². The highest BCUT2D eigenvalue weighted by atomic mass is 16.5. The normalized spacial score (nSPS) is 11.6. The van der Waals surface area contributed by atoms with Gasteiger partial charge in [0, 0.05) is 6.08 Å². The first-order valence-electron chi connectivity index (χ1n) is 9.86. The molecule has 0 fully saturated rings. The molecule has 0 spiro atoms. The summed E-state index contributed by atoms with van der Waals surface area (Å²) >= 11 is 0. The summed E-state index contributed by atoms with van der Waals surface area (Å²) in [5.74, 6) is -0.611. The Bertz CT molecular complexity index is 565. The molecule has 1 N–H and O–H groups in total. The maximum atomic E-state index is 11.5. The molecule has 1 unspecified atom stereocenters. The summed E-state index contributed by atoms with van der Waals surface area (Å²) in [7, 11) is 0. The lowest BCUT2D eigenvalue weighted by Gasteiger charge is -2.17. The van der Waals surface area contributed by atoms with Crippen LogP contribution in [0, 0.1) is 0 Å². The molecule has 0 heterocycles. The third-order valence-electron chi connectivity index (χ3n) is 4.37. The van der Waals surface area contributed by atoms with E-state index in [9.17, 15) is 9.59 Å². The number of carboxylic acid groups (broad SMARTS) is 1. The van der Waals surface area contributed by atoms with E-state index in [0.717, 1.165) is 38.5 Å². The molecule has 0 aliphatic heterocycles. The molecule has 0 saturated carbocycles. The molecule has 1 aromatic carbocycles. The number of rotatable bonds is 15. The fourth-order valence-corrected chi connectivity index (χ4v) is 2.81. The van der Waals surface area contributed by atoms with Crippen LogP contribution < -0.4 is 4.74 Å². The summed E-state index contributed by atoms with van der Waals surface area (Å²) in [6.07, 6.45) is 10.5. The van der Waals surface area contributed by atoms with E-state index in [-0.39, 0.29) is 17.6 Å². The highest BCUT2D eigenvalue weighted by molar-refractivity contribution is 5.87. The minimum atomic E-state index is -0.942. The van der Waals surface area contributed by atoms with Crippen molar-refractivity contribution in [1.29, 1.82) is 0 Å². The first kappa shape index (κ1) is 22.7. The van der Waals surface area contributed by atoms with Crippen molar-refractivity contribution in [1.82, 2.24) is 0 Å². The lowest BCUT2D eigenvalue weighted by atomic mass is 10.0. The van der Waals surface area contributed by atoms with Gasteiger partial charge in [0.25, 0.3) is 0 Å². The molecule has 0 amide bonds. The van der Waals surface area contributed by atoms with Crippen molar-refractivity contribution in [3.63, 3.8) is 0 Å². The molecule has 1 atom stereocenters. The van der Waals surface area contributed by atoms with Crippen LogP contribution in [-0.4, -0.2) is 29.8 Å². The Morgan fingerprint density at radius 2 is 1.67 bits per heavy atom. The monoisotopic (exact) mass is 376 g/mol. The highest BCUT2D eigenvalue weighted by Crippen LogP contribution is 2.16. The van der Waals surface area contributed by atoms with Crippen LogP contribution in [0.2, 0.25) is 0 Å². The van der Waals surface area contributed by atoms with Gasteiger partial charge in [-0.05, 0) is 62.8 Å². The van der Waals surface area contributed by atoms with Crippen molar-refractivity contribution in [2.75, 3.05) is 6.61 Å². The molecule has 0 aliphatic rings. The number of carboxylic acids is 1. The topological polar surface area (TPSA) is 72.8 Å². The Kier molecular flexibility index (Phi) is 11.7. The van der Waals surface area contributed by atoms with E-state index in [1.807, 2.05) is 0 Å². The predicted molar refractivity (Wildman–Crippen MR) is 106 cm³/mol. The summed E-state index contributed by atoms with van der Waals surface area (Å²) in [5.41, 5.74) is 0.251. The van der Waals surface area contributed by atoms with E-state index in [4.69, 9.17) is 14.6 Å². The molecule has 1 aromatic rings. The number of carbonyl (C=O) groups is 2. The van der Waals surface area contributed by atoms with Crippen LogP contribution in [0.3, 0.4) is 0 Å². The van der Waals surface area contributed by atoms with E-state index in [0.29, 0.717) is 12.4 Å². The van der Waals surface area contributed by atoms with Crippen LogP contribution in [0.5, 0.6) is 5.75 Å². The van der Waals surface area contributed by atoms with E-state index >= 15 is 0 Å². The average molecular weight is 376 g/mol. The Balaban J connectivity index is 2.22. The zero-order valence-electron chi connectivity index (χ0n) is 16.3. The first-order chi connectivity index (χ1) is 13.1. The second-order valence-electron chi connectivity index (χ2n) is 6.64. The Hall–Kier alpha value is -2.30. The molecule has 150 valence electrons. The summed E-state index contributed by atoms with van der Waals surface area (Å²) in [6, 6.07) is 6.42. The van der Waals surface area contributed by atoms with E-state index in [1.165, 1.54) is 37.5 Å². The number of carbonyl (C=O) groups excluding carboxylic acids is 1. The summed E-state index contributed by atoms with van der Waals surface area (Å²) in [4.78, 5) is 22.3. The molecule has 0 aromatic heterocycles. The standard InChI is InChI=1S/C22H32O5/c1-3-5-6-8-11-20(27-21(23)4-2)12-9-7-10-17-26-19-15-13-18(14-16-19)22(24)25/h4,13-16,20H,2-3,5-12,17H2,1H3,(H,24,25). The van der Waals surface area contributed by atoms with Gasteiger partial charge in [0.05, 0.1) is 12.2 Å². The number of hydrogen-bond donors (Lipinski definition) is 1. The van der Waals surface area contributed by atoms with Crippen LogP contribution >= 0.6 is 0 Å². The third kappa shape index (κ3) is 10.4. The summed E-state index contributed by atoms with van der Waals surface area (Å²) in [6.45, 7) is 6.23. The Labute approximate surface area is 162 Å². The predicted octanol–water partition coefficient (Wildman–Crippen LogP) is 5.39. The van der Waals surface area contributed by atoms with Crippen LogP contribution in [0.4, 0.5) is 0 Å². The molecular formula is C22H32O5. The quantitative estimate of drug-likeness (QED) is 0.252. The SMILES string of the molecule is C=CC(=O)OC(CCCCCC)CCCCCOc1ccc(C(=O)O)cc1. The number of esters is 1. The molecule has 0 bridgehead atoms. The van der Waals surface area contributed by atoms with Gasteiger partial charge in [0.15, 0.2) is 0 Å². The maximum absolute atomic E-state index is 11.5.